The van der Waals surface area contributed by atoms with Gasteiger partial charge in [-0.25, -0.2) is 9.97 Å². The molecule has 2 heterocycles. The highest BCUT2D eigenvalue weighted by Crippen LogP contribution is 2.39. The fourth-order valence-electron chi connectivity index (χ4n) is 3.38. The summed E-state index contributed by atoms with van der Waals surface area (Å²) >= 11 is 6.19. The molecule has 1 N–H and O–H groups in total. The molecule has 1 saturated heterocycles. The number of halogens is 1. The number of rotatable bonds is 6. The van der Waals surface area contributed by atoms with Crippen molar-refractivity contribution < 1.29 is 9.53 Å². The molecule has 2 aliphatic rings. The van der Waals surface area contributed by atoms with Gasteiger partial charge in [0, 0.05) is 38.2 Å². The van der Waals surface area contributed by atoms with Crippen LogP contribution in [-0.2, 0) is 4.79 Å². The standard InChI is InChI=1S/C20H24ClN5O2/c1-28-16-5-3-2-4-15(16)22-19(27)13-25-8-10-26(11-9-25)18-12-17(21)23-20(24-18)14-6-7-14/h2-5,12,14H,6-11,13H2,1H3,(H,22,27). The highest BCUT2D eigenvalue weighted by molar-refractivity contribution is 6.29. The number of carbonyl (C=O) groups is 1. The van der Waals surface area contributed by atoms with Gasteiger partial charge in [-0.2, -0.15) is 0 Å². The average Bonchev–Trinajstić information content (AvgIpc) is 3.54. The van der Waals surface area contributed by atoms with Gasteiger partial charge in [0.1, 0.15) is 22.5 Å². The Morgan fingerprint density at radius 3 is 2.68 bits per heavy atom. The van der Waals surface area contributed by atoms with Crippen LogP contribution in [0.5, 0.6) is 5.75 Å². The Labute approximate surface area is 169 Å². The zero-order chi connectivity index (χ0) is 19.5. The largest absolute Gasteiger partial charge is 0.495 e. The van der Waals surface area contributed by atoms with Crippen molar-refractivity contribution in [2.45, 2.75) is 18.8 Å². The Bertz CT molecular complexity index is 850. The van der Waals surface area contributed by atoms with E-state index in [-0.39, 0.29) is 5.91 Å². The molecular weight excluding hydrogens is 378 g/mol. The number of ether oxygens (including phenoxy) is 1. The maximum atomic E-state index is 12.4. The molecule has 4 rings (SSSR count). The van der Waals surface area contributed by atoms with E-state index >= 15 is 0 Å². The van der Waals surface area contributed by atoms with Gasteiger partial charge in [-0.1, -0.05) is 23.7 Å². The number of para-hydroxylation sites is 2. The number of hydrogen-bond acceptors (Lipinski definition) is 6. The van der Waals surface area contributed by atoms with E-state index in [2.05, 4.69) is 20.1 Å². The zero-order valence-electron chi connectivity index (χ0n) is 15.9. The molecule has 0 spiro atoms. The van der Waals surface area contributed by atoms with Gasteiger partial charge in [0.25, 0.3) is 0 Å². The Kier molecular flexibility index (Phi) is 5.64. The Balaban J connectivity index is 1.31. The van der Waals surface area contributed by atoms with Crippen LogP contribution in [0.3, 0.4) is 0 Å². The van der Waals surface area contributed by atoms with Gasteiger partial charge in [-0.3, -0.25) is 9.69 Å². The number of anilines is 2. The van der Waals surface area contributed by atoms with Crippen LogP contribution in [0.25, 0.3) is 0 Å². The first-order valence-corrected chi connectivity index (χ1v) is 9.95. The minimum Gasteiger partial charge on any atom is -0.495 e. The van der Waals surface area contributed by atoms with Gasteiger partial charge < -0.3 is 15.0 Å². The van der Waals surface area contributed by atoms with Gasteiger partial charge in [-0.15, -0.1) is 0 Å². The molecular formula is C20H24ClN5O2. The van der Waals surface area contributed by atoms with E-state index in [1.165, 1.54) is 0 Å². The van der Waals surface area contributed by atoms with Crippen LogP contribution >= 0.6 is 11.6 Å². The highest BCUT2D eigenvalue weighted by atomic mass is 35.5. The molecule has 2 fully saturated rings. The van der Waals surface area contributed by atoms with E-state index in [0.717, 1.165) is 50.7 Å². The van der Waals surface area contributed by atoms with E-state index in [0.29, 0.717) is 29.1 Å². The molecule has 0 atom stereocenters. The van der Waals surface area contributed by atoms with E-state index in [1.807, 2.05) is 30.3 Å². The smallest absolute Gasteiger partial charge is 0.238 e. The number of nitrogens with one attached hydrogen (secondary N) is 1. The number of carbonyl (C=O) groups excluding carboxylic acids is 1. The van der Waals surface area contributed by atoms with Crippen molar-refractivity contribution in [3.63, 3.8) is 0 Å². The molecule has 8 heteroatoms. The summed E-state index contributed by atoms with van der Waals surface area (Å²) < 4.78 is 5.28. The first-order chi connectivity index (χ1) is 13.6. The van der Waals surface area contributed by atoms with E-state index < -0.39 is 0 Å². The number of methoxy groups -OCH3 is 1. The first-order valence-electron chi connectivity index (χ1n) is 9.57. The van der Waals surface area contributed by atoms with Crippen LogP contribution in [0.2, 0.25) is 5.15 Å². The van der Waals surface area contributed by atoms with Crippen LogP contribution in [0.1, 0.15) is 24.6 Å². The molecule has 1 saturated carbocycles. The minimum atomic E-state index is -0.0425. The number of benzene rings is 1. The molecule has 7 nitrogen and oxygen atoms in total. The summed E-state index contributed by atoms with van der Waals surface area (Å²) in [5, 5.41) is 3.43. The van der Waals surface area contributed by atoms with Gasteiger partial charge in [-0.05, 0) is 25.0 Å². The summed E-state index contributed by atoms with van der Waals surface area (Å²) in [6.45, 7) is 3.54. The quantitative estimate of drug-likeness (QED) is 0.750. The van der Waals surface area contributed by atoms with Gasteiger partial charge >= 0.3 is 0 Å². The third-order valence-electron chi connectivity index (χ3n) is 5.09. The highest BCUT2D eigenvalue weighted by Gasteiger charge is 2.28. The maximum absolute atomic E-state index is 12.4. The van der Waals surface area contributed by atoms with Gasteiger partial charge in [0.2, 0.25) is 5.91 Å². The summed E-state index contributed by atoms with van der Waals surface area (Å²) in [6, 6.07) is 9.25. The number of amides is 1. The van der Waals surface area contributed by atoms with Crippen LogP contribution in [-0.4, -0.2) is 60.6 Å². The monoisotopic (exact) mass is 401 g/mol. The third-order valence-corrected chi connectivity index (χ3v) is 5.28. The average molecular weight is 402 g/mol. The maximum Gasteiger partial charge on any atom is 0.238 e. The van der Waals surface area contributed by atoms with Crippen LogP contribution in [0.4, 0.5) is 11.5 Å². The van der Waals surface area contributed by atoms with Crippen molar-refractivity contribution in [1.29, 1.82) is 0 Å². The number of piperazine rings is 1. The molecule has 1 aliphatic carbocycles. The SMILES string of the molecule is COc1ccccc1NC(=O)CN1CCN(c2cc(Cl)nc(C3CC3)n2)CC1. The molecule has 1 aromatic carbocycles. The van der Waals surface area contributed by atoms with E-state index in [9.17, 15) is 4.79 Å². The molecule has 2 aromatic rings. The lowest BCUT2D eigenvalue weighted by Crippen LogP contribution is -2.49. The predicted molar refractivity (Wildman–Crippen MR) is 109 cm³/mol. The van der Waals surface area contributed by atoms with E-state index in [1.54, 1.807) is 7.11 Å². The van der Waals surface area contributed by atoms with Crippen molar-refractivity contribution in [2.24, 2.45) is 0 Å². The fourth-order valence-corrected chi connectivity index (χ4v) is 3.57. The minimum absolute atomic E-state index is 0.0425. The van der Waals surface area contributed by atoms with E-state index in [4.69, 9.17) is 21.3 Å². The summed E-state index contributed by atoms with van der Waals surface area (Å²) in [5.41, 5.74) is 0.692. The molecule has 148 valence electrons. The normalized spacial score (nSPS) is 17.4. The van der Waals surface area contributed by atoms with Gasteiger partial charge in [0.05, 0.1) is 19.3 Å². The lowest BCUT2D eigenvalue weighted by molar-refractivity contribution is -0.117. The number of nitrogens with zero attached hydrogens (tertiary/aromatic N) is 4. The summed E-state index contributed by atoms with van der Waals surface area (Å²) in [7, 11) is 1.60. The molecule has 1 aliphatic heterocycles. The Morgan fingerprint density at radius 2 is 1.96 bits per heavy atom. The Hall–Kier alpha value is -2.38. The van der Waals surface area contributed by atoms with Crippen molar-refractivity contribution >= 4 is 29.0 Å². The van der Waals surface area contributed by atoms with Crippen molar-refractivity contribution in [2.75, 3.05) is 50.1 Å². The molecule has 1 aromatic heterocycles. The van der Waals surface area contributed by atoms with Crippen LogP contribution < -0.4 is 15.0 Å². The second-order valence-electron chi connectivity index (χ2n) is 7.19. The summed E-state index contributed by atoms with van der Waals surface area (Å²) in [4.78, 5) is 25.8. The molecule has 0 radical (unpaired) electrons. The van der Waals surface area contributed by atoms with Crippen LogP contribution in [0, 0.1) is 0 Å². The lowest BCUT2D eigenvalue weighted by atomic mass is 10.2. The molecule has 28 heavy (non-hydrogen) atoms. The molecule has 0 bridgehead atoms. The van der Waals surface area contributed by atoms with Crippen molar-refractivity contribution in [1.82, 2.24) is 14.9 Å². The topological polar surface area (TPSA) is 70.6 Å². The lowest BCUT2D eigenvalue weighted by Gasteiger charge is -2.35. The second kappa shape index (κ2) is 8.32. The second-order valence-corrected chi connectivity index (χ2v) is 7.58. The van der Waals surface area contributed by atoms with Crippen molar-refractivity contribution in [3.05, 3.63) is 41.3 Å². The van der Waals surface area contributed by atoms with Crippen LogP contribution in [0.15, 0.2) is 30.3 Å². The molecule has 0 unspecified atom stereocenters. The summed E-state index contributed by atoms with van der Waals surface area (Å²) in [6.07, 6.45) is 2.30. The Morgan fingerprint density at radius 1 is 1.21 bits per heavy atom. The predicted octanol–water partition coefficient (Wildman–Crippen LogP) is 2.78. The zero-order valence-corrected chi connectivity index (χ0v) is 16.7. The number of hydrogen-bond donors (Lipinski definition) is 1. The fraction of sp³-hybridized carbons (Fsp3) is 0.450. The van der Waals surface area contributed by atoms with Gasteiger partial charge in [0.15, 0.2) is 0 Å². The number of aromatic nitrogens is 2. The summed E-state index contributed by atoms with van der Waals surface area (Å²) in [5.74, 6) is 2.84. The third kappa shape index (κ3) is 4.54. The van der Waals surface area contributed by atoms with Crippen molar-refractivity contribution in [3.8, 4) is 5.75 Å². The first kappa shape index (κ1) is 19.0. The molecule has 1 amide bonds.